The third-order valence-corrected chi connectivity index (χ3v) is 1.94. The molecule has 1 unspecified atom stereocenters. The molecule has 0 aliphatic rings. The SMILES string of the molecule is Cc1ccc(F)c(NCC(C)C#N)c1. The summed E-state index contributed by atoms with van der Waals surface area (Å²) in [7, 11) is 0. The van der Waals surface area contributed by atoms with Crippen LogP contribution in [0.2, 0.25) is 0 Å². The van der Waals surface area contributed by atoms with Gasteiger partial charge >= 0.3 is 0 Å². The minimum atomic E-state index is -0.277. The van der Waals surface area contributed by atoms with Crippen molar-refractivity contribution in [2.24, 2.45) is 5.92 Å². The number of halogens is 1. The normalized spacial score (nSPS) is 11.9. The van der Waals surface area contributed by atoms with E-state index in [1.165, 1.54) is 6.07 Å². The Balaban J connectivity index is 2.67. The monoisotopic (exact) mass is 192 g/mol. The average molecular weight is 192 g/mol. The van der Waals surface area contributed by atoms with E-state index >= 15 is 0 Å². The zero-order chi connectivity index (χ0) is 10.6. The molecule has 3 heteroatoms. The molecule has 0 amide bonds. The molecule has 1 aromatic rings. The molecule has 0 spiro atoms. The molecule has 0 aliphatic carbocycles. The van der Waals surface area contributed by atoms with Crippen molar-refractivity contribution in [3.05, 3.63) is 29.6 Å². The van der Waals surface area contributed by atoms with Crippen molar-refractivity contribution < 1.29 is 4.39 Å². The summed E-state index contributed by atoms with van der Waals surface area (Å²) in [5.41, 5.74) is 1.46. The van der Waals surface area contributed by atoms with Gasteiger partial charge in [-0.25, -0.2) is 4.39 Å². The lowest BCUT2D eigenvalue weighted by atomic mass is 10.2. The molecule has 1 rings (SSSR count). The van der Waals surface area contributed by atoms with E-state index in [4.69, 9.17) is 5.26 Å². The smallest absolute Gasteiger partial charge is 0.146 e. The van der Waals surface area contributed by atoms with E-state index in [0.29, 0.717) is 12.2 Å². The molecule has 2 nitrogen and oxygen atoms in total. The van der Waals surface area contributed by atoms with Crippen LogP contribution in [0.4, 0.5) is 10.1 Å². The summed E-state index contributed by atoms with van der Waals surface area (Å²) in [4.78, 5) is 0. The standard InChI is InChI=1S/C11H13FN2/c1-8-3-4-10(12)11(5-8)14-7-9(2)6-13/h3-5,9,14H,7H2,1-2H3. The van der Waals surface area contributed by atoms with Gasteiger partial charge < -0.3 is 5.32 Å². The lowest BCUT2D eigenvalue weighted by Gasteiger charge is -2.08. The molecule has 0 radical (unpaired) electrons. The van der Waals surface area contributed by atoms with Crippen molar-refractivity contribution in [1.29, 1.82) is 5.26 Å². The Kier molecular flexibility index (Phi) is 3.47. The third kappa shape index (κ3) is 2.74. The summed E-state index contributed by atoms with van der Waals surface area (Å²) in [5, 5.41) is 11.5. The highest BCUT2D eigenvalue weighted by atomic mass is 19.1. The summed E-state index contributed by atoms with van der Waals surface area (Å²) >= 11 is 0. The van der Waals surface area contributed by atoms with Crippen molar-refractivity contribution in [3.8, 4) is 6.07 Å². The summed E-state index contributed by atoms with van der Waals surface area (Å²) in [6, 6.07) is 6.96. The number of hydrogen-bond donors (Lipinski definition) is 1. The maximum atomic E-state index is 13.2. The first-order chi connectivity index (χ1) is 6.63. The fraction of sp³-hybridized carbons (Fsp3) is 0.364. The number of nitrogens with one attached hydrogen (secondary N) is 1. The van der Waals surface area contributed by atoms with Gasteiger partial charge in [0.1, 0.15) is 5.82 Å². The Morgan fingerprint density at radius 1 is 1.57 bits per heavy atom. The van der Waals surface area contributed by atoms with Gasteiger partial charge in [0.15, 0.2) is 0 Å². The van der Waals surface area contributed by atoms with Crippen LogP contribution in [0.3, 0.4) is 0 Å². The van der Waals surface area contributed by atoms with Crippen LogP contribution in [0.15, 0.2) is 18.2 Å². The van der Waals surface area contributed by atoms with E-state index in [0.717, 1.165) is 5.56 Å². The van der Waals surface area contributed by atoms with Gasteiger partial charge in [-0.05, 0) is 31.5 Å². The van der Waals surface area contributed by atoms with E-state index in [1.807, 2.05) is 6.92 Å². The van der Waals surface area contributed by atoms with Gasteiger partial charge in [-0.3, -0.25) is 0 Å². The van der Waals surface area contributed by atoms with Crippen LogP contribution in [0.25, 0.3) is 0 Å². The molecule has 0 fully saturated rings. The molecule has 14 heavy (non-hydrogen) atoms. The Morgan fingerprint density at radius 2 is 2.29 bits per heavy atom. The van der Waals surface area contributed by atoms with Crippen molar-refractivity contribution in [2.45, 2.75) is 13.8 Å². The summed E-state index contributed by atoms with van der Waals surface area (Å²) in [6.45, 7) is 4.16. The molecule has 1 N–H and O–H groups in total. The summed E-state index contributed by atoms with van der Waals surface area (Å²) in [5.74, 6) is -0.393. The fourth-order valence-electron chi connectivity index (χ4n) is 1.08. The Hall–Kier alpha value is -1.56. The van der Waals surface area contributed by atoms with E-state index in [-0.39, 0.29) is 11.7 Å². The molecule has 0 bridgehead atoms. The summed E-state index contributed by atoms with van der Waals surface area (Å²) < 4.78 is 13.2. The molecule has 0 aliphatic heterocycles. The van der Waals surface area contributed by atoms with Crippen LogP contribution in [0.1, 0.15) is 12.5 Å². The number of aryl methyl sites for hydroxylation is 1. The molecule has 74 valence electrons. The third-order valence-electron chi connectivity index (χ3n) is 1.94. The molecule has 0 saturated heterocycles. The van der Waals surface area contributed by atoms with E-state index in [2.05, 4.69) is 11.4 Å². The van der Waals surface area contributed by atoms with Crippen molar-refractivity contribution >= 4 is 5.69 Å². The maximum absolute atomic E-state index is 13.2. The molecule has 0 saturated carbocycles. The van der Waals surface area contributed by atoms with Crippen molar-refractivity contribution in [1.82, 2.24) is 0 Å². The van der Waals surface area contributed by atoms with E-state index in [9.17, 15) is 4.39 Å². The number of hydrogen-bond acceptors (Lipinski definition) is 2. The zero-order valence-corrected chi connectivity index (χ0v) is 8.34. The number of anilines is 1. The molecular formula is C11H13FN2. The first-order valence-corrected chi connectivity index (χ1v) is 4.53. The second-order valence-corrected chi connectivity index (χ2v) is 3.39. The Morgan fingerprint density at radius 3 is 2.93 bits per heavy atom. The highest BCUT2D eigenvalue weighted by molar-refractivity contribution is 5.47. The van der Waals surface area contributed by atoms with Crippen LogP contribution >= 0.6 is 0 Å². The highest BCUT2D eigenvalue weighted by Crippen LogP contribution is 2.15. The van der Waals surface area contributed by atoms with Gasteiger partial charge in [0.25, 0.3) is 0 Å². The van der Waals surface area contributed by atoms with Crippen LogP contribution in [-0.4, -0.2) is 6.54 Å². The first-order valence-electron chi connectivity index (χ1n) is 4.53. The lowest BCUT2D eigenvalue weighted by Crippen LogP contribution is -2.10. The summed E-state index contributed by atoms with van der Waals surface area (Å²) in [6.07, 6.45) is 0. The van der Waals surface area contributed by atoms with Gasteiger partial charge in [0.2, 0.25) is 0 Å². The number of benzene rings is 1. The number of nitriles is 1. The molecular weight excluding hydrogens is 179 g/mol. The second kappa shape index (κ2) is 4.61. The van der Waals surface area contributed by atoms with Crippen LogP contribution < -0.4 is 5.32 Å². The lowest BCUT2D eigenvalue weighted by molar-refractivity contribution is 0.627. The van der Waals surface area contributed by atoms with Crippen LogP contribution in [0.5, 0.6) is 0 Å². The van der Waals surface area contributed by atoms with Gasteiger partial charge in [-0.2, -0.15) is 5.26 Å². The number of nitrogens with zero attached hydrogens (tertiary/aromatic N) is 1. The van der Waals surface area contributed by atoms with Crippen LogP contribution in [-0.2, 0) is 0 Å². The predicted octanol–water partition coefficient (Wildman–Crippen LogP) is 2.71. The molecule has 0 aromatic heterocycles. The highest BCUT2D eigenvalue weighted by Gasteiger charge is 2.03. The Labute approximate surface area is 83.4 Å². The minimum absolute atomic E-state index is 0.116. The van der Waals surface area contributed by atoms with E-state index < -0.39 is 0 Å². The second-order valence-electron chi connectivity index (χ2n) is 3.39. The zero-order valence-electron chi connectivity index (χ0n) is 8.34. The largest absolute Gasteiger partial charge is 0.381 e. The molecule has 1 aromatic carbocycles. The maximum Gasteiger partial charge on any atom is 0.146 e. The number of rotatable bonds is 3. The van der Waals surface area contributed by atoms with Gasteiger partial charge in [-0.1, -0.05) is 6.07 Å². The van der Waals surface area contributed by atoms with Gasteiger partial charge in [-0.15, -0.1) is 0 Å². The molecule has 0 heterocycles. The average Bonchev–Trinajstić information content (AvgIpc) is 2.19. The quantitative estimate of drug-likeness (QED) is 0.799. The van der Waals surface area contributed by atoms with Crippen LogP contribution in [0, 0.1) is 30.0 Å². The fourth-order valence-corrected chi connectivity index (χ4v) is 1.08. The van der Waals surface area contributed by atoms with Crippen molar-refractivity contribution in [2.75, 3.05) is 11.9 Å². The topological polar surface area (TPSA) is 35.8 Å². The first kappa shape index (κ1) is 10.5. The predicted molar refractivity (Wildman–Crippen MR) is 54.4 cm³/mol. The van der Waals surface area contributed by atoms with Gasteiger partial charge in [0.05, 0.1) is 17.7 Å². The molecule has 1 atom stereocenters. The minimum Gasteiger partial charge on any atom is -0.381 e. The van der Waals surface area contributed by atoms with E-state index in [1.54, 1.807) is 19.1 Å². The van der Waals surface area contributed by atoms with Gasteiger partial charge in [0, 0.05) is 6.54 Å². The Bertz CT molecular complexity index is 355. The van der Waals surface area contributed by atoms with Crippen molar-refractivity contribution in [3.63, 3.8) is 0 Å².